The van der Waals surface area contributed by atoms with Crippen LogP contribution in [-0.2, 0) is 10.0 Å². The van der Waals surface area contributed by atoms with Gasteiger partial charge in [-0.3, -0.25) is 4.79 Å². The molecule has 6 nitrogen and oxygen atoms in total. The number of sulfonamides is 1. The molecule has 0 saturated heterocycles. The van der Waals surface area contributed by atoms with Gasteiger partial charge in [0.25, 0.3) is 5.91 Å². The monoisotopic (exact) mass is 403 g/mol. The van der Waals surface area contributed by atoms with Crippen LogP contribution in [0.5, 0.6) is 0 Å². The van der Waals surface area contributed by atoms with Crippen molar-refractivity contribution in [3.05, 3.63) is 60.2 Å². The molecule has 0 aliphatic rings. The van der Waals surface area contributed by atoms with Crippen molar-refractivity contribution in [2.24, 2.45) is 0 Å². The van der Waals surface area contributed by atoms with Gasteiger partial charge < -0.3 is 10.2 Å². The number of amides is 1. The maximum Gasteiger partial charge on any atom is 0.251 e. The molecule has 2 rings (SSSR count). The maximum absolute atomic E-state index is 12.5. The second kappa shape index (κ2) is 10.2. The molecule has 0 radical (unpaired) electrons. The molecule has 1 N–H and O–H groups in total. The van der Waals surface area contributed by atoms with E-state index < -0.39 is 10.0 Å². The molecule has 0 aromatic heterocycles. The molecule has 28 heavy (non-hydrogen) atoms. The largest absolute Gasteiger partial charge is 0.375 e. The molecular weight excluding hydrogens is 374 g/mol. The molecule has 2 aromatic carbocycles. The predicted octanol–water partition coefficient (Wildman–Crippen LogP) is 2.97. The zero-order chi connectivity index (χ0) is 20.6. The molecule has 0 aliphatic carbocycles. The molecule has 0 unspecified atom stereocenters. The van der Waals surface area contributed by atoms with Crippen molar-refractivity contribution in [3.8, 4) is 0 Å². The first kappa shape index (κ1) is 21.9. The second-order valence-corrected chi connectivity index (χ2v) is 8.42. The number of rotatable bonds is 10. The Kier molecular flexibility index (Phi) is 8.02. The van der Waals surface area contributed by atoms with Crippen molar-refractivity contribution >= 4 is 21.6 Å². The van der Waals surface area contributed by atoms with Crippen LogP contribution in [0.4, 0.5) is 5.69 Å². The van der Waals surface area contributed by atoms with Gasteiger partial charge in [-0.1, -0.05) is 32.0 Å². The smallest absolute Gasteiger partial charge is 0.251 e. The van der Waals surface area contributed by atoms with Crippen LogP contribution in [-0.4, -0.2) is 51.9 Å². The molecule has 1 amide bonds. The van der Waals surface area contributed by atoms with Crippen molar-refractivity contribution in [2.75, 3.05) is 38.1 Å². The van der Waals surface area contributed by atoms with E-state index in [9.17, 15) is 13.2 Å². The van der Waals surface area contributed by atoms with Crippen LogP contribution in [0.2, 0.25) is 0 Å². The quantitative estimate of drug-likeness (QED) is 0.619. The number of para-hydroxylation sites is 1. The third-order valence-corrected chi connectivity index (χ3v) is 6.68. The summed E-state index contributed by atoms with van der Waals surface area (Å²) in [6.07, 6.45) is 0.811. The summed E-state index contributed by atoms with van der Waals surface area (Å²) in [7, 11) is -1.48. The fourth-order valence-corrected chi connectivity index (χ4v) is 4.38. The van der Waals surface area contributed by atoms with E-state index in [1.807, 2.05) is 37.4 Å². The van der Waals surface area contributed by atoms with Gasteiger partial charge in [-0.15, -0.1) is 0 Å². The van der Waals surface area contributed by atoms with Crippen molar-refractivity contribution in [3.63, 3.8) is 0 Å². The van der Waals surface area contributed by atoms with Gasteiger partial charge in [0, 0.05) is 44.5 Å². The highest BCUT2D eigenvalue weighted by Gasteiger charge is 2.21. The molecule has 0 fully saturated rings. The molecule has 0 heterocycles. The second-order valence-electron chi connectivity index (χ2n) is 6.48. The highest BCUT2D eigenvalue weighted by Crippen LogP contribution is 2.16. The van der Waals surface area contributed by atoms with Gasteiger partial charge in [0.2, 0.25) is 10.0 Å². The van der Waals surface area contributed by atoms with E-state index in [1.54, 1.807) is 26.0 Å². The minimum atomic E-state index is -3.50. The Bertz CT molecular complexity index is 848. The lowest BCUT2D eigenvalue weighted by atomic mass is 10.2. The highest BCUT2D eigenvalue weighted by atomic mass is 32.2. The highest BCUT2D eigenvalue weighted by molar-refractivity contribution is 7.89. The lowest BCUT2D eigenvalue weighted by molar-refractivity contribution is 0.0953. The van der Waals surface area contributed by atoms with Crippen LogP contribution in [0.1, 0.15) is 30.6 Å². The molecular formula is C21H29N3O3S. The standard InChI is InChI=1S/C21H29N3O3S/c1-4-24(5-2)28(26,27)20-14-12-18(13-15-20)21(25)22-16-9-17-23(3)19-10-7-6-8-11-19/h6-8,10-15H,4-5,9,16-17H2,1-3H3,(H,22,25). The fourth-order valence-electron chi connectivity index (χ4n) is 2.92. The Balaban J connectivity index is 1.86. The molecule has 0 bridgehead atoms. The molecule has 2 aromatic rings. The van der Waals surface area contributed by atoms with Gasteiger partial charge in [-0.2, -0.15) is 4.31 Å². The van der Waals surface area contributed by atoms with Crippen LogP contribution in [0.3, 0.4) is 0 Å². The van der Waals surface area contributed by atoms with E-state index in [-0.39, 0.29) is 10.8 Å². The Morgan fingerprint density at radius 1 is 0.964 bits per heavy atom. The summed E-state index contributed by atoms with van der Waals surface area (Å²) in [6.45, 7) is 5.81. The van der Waals surface area contributed by atoms with Gasteiger partial charge in [0.05, 0.1) is 4.90 Å². The van der Waals surface area contributed by atoms with Crippen LogP contribution in [0.25, 0.3) is 0 Å². The first-order valence-electron chi connectivity index (χ1n) is 9.54. The van der Waals surface area contributed by atoms with Crippen molar-refractivity contribution in [1.82, 2.24) is 9.62 Å². The van der Waals surface area contributed by atoms with Crippen LogP contribution < -0.4 is 10.2 Å². The summed E-state index contributed by atoms with van der Waals surface area (Å²) in [5, 5.41) is 2.88. The molecule has 0 saturated carbocycles. The Morgan fingerprint density at radius 2 is 1.57 bits per heavy atom. The lowest BCUT2D eigenvalue weighted by Crippen LogP contribution is -2.31. The van der Waals surface area contributed by atoms with Gasteiger partial charge in [-0.25, -0.2) is 8.42 Å². The van der Waals surface area contributed by atoms with E-state index in [4.69, 9.17) is 0 Å². The first-order valence-corrected chi connectivity index (χ1v) is 11.0. The first-order chi connectivity index (χ1) is 13.4. The number of nitrogens with zero attached hydrogens (tertiary/aromatic N) is 2. The average molecular weight is 404 g/mol. The molecule has 0 aliphatic heterocycles. The predicted molar refractivity (Wildman–Crippen MR) is 113 cm³/mol. The number of anilines is 1. The molecule has 0 spiro atoms. The number of carbonyl (C=O) groups is 1. The summed E-state index contributed by atoms with van der Waals surface area (Å²) in [5.41, 5.74) is 1.59. The zero-order valence-electron chi connectivity index (χ0n) is 16.8. The topological polar surface area (TPSA) is 69.7 Å². The van der Waals surface area contributed by atoms with E-state index in [2.05, 4.69) is 10.2 Å². The van der Waals surface area contributed by atoms with E-state index in [0.29, 0.717) is 25.2 Å². The van der Waals surface area contributed by atoms with Crippen molar-refractivity contribution in [2.45, 2.75) is 25.2 Å². The number of nitrogens with one attached hydrogen (secondary N) is 1. The normalized spacial score (nSPS) is 11.4. The van der Waals surface area contributed by atoms with E-state index in [1.165, 1.54) is 16.4 Å². The van der Waals surface area contributed by atoms with Crippen LogP contribution in [0.15, 0.2) is 59.5 Å². The SMILES string of the molecule is CCN(CC)S(=O)(=O)c1ccc(C(=O)NCCCN(C)c2ccccc2)cc1. The summed E-state index contributed by atoms with van der Waals surface area (Å²) in [4.78, 5) is 14.6. The van der Waals surface area contributed by atoms with Crippen LogP contribution >= 0.6 is 0 Å². The van der Waals surface area contributed by atoms with Gasteiger partial charge in [0.15, 0.2) is 0 Å². The van der Waals surface area contributed by atoms with Crippen molar-refractivity contribution < 1.29 is 13.2 Å². The Hall–Kier alpha value is -2.38. The van der Waals surface area contributed by atoms with E-state index in [0.717, 1.165) is 18.7 Å². The Labute approximate surface area is 168 Å². The maximum atomic E-state index is 12.5. The average Bonchev–Trinajstić information content (AvgIpc) is 2.72. The third-order valence-electron chi connectivity index (χ3n) is 4.61. The Morgan fingerprint density at radius 3 is 2.14 bits per heavy atom. The summed E-state index contributed by atoms with van der Waals surface area (Å²) in [5.74, 6) is -0.200. The van der Waals surface area contributed by atoms with E-state index >= 15 is 0 Å². The molecule has 152 valence electrons. The van der Waals surface area contributed by atoms with Gasteiger partial charge in [-0.05, 0) is 42.8 Å². The molecule has 0 atom stereocenters. The lowest BCUT2D eigenvalue weighted by Gasteiger charge is -2.19. The minimum absolute atomic E-state index is 0.200. The van der Waals surface area contributed by atoms with Crippen LogP contribution in [0, 0.1) is 0 Å². The number of benzene rings is 2. The zero-order valence-corrected chi connectivity index (χ0v) is 17.6. The van der Waals surface area contributed by atoms with Gasteiger partial charge in [0.1, 0.15) is 0 Å². The summed E-state index contributed by atoms with van der Waals surface area (Å²) in [6, 6.07) is 16.2. The summed E-state index contributed by atoms with van der Waals surface area (Å²) >= 11 is 0. The summed E-state index contributed by atoms with van der Waals surface area (Å²) < 4.78 is 26.4. The van der Waals surface area contributed by atoms with Gasteiger partial charge >= 0.3 is 0 Å². The van der Waals surface area contributed by atoms with Crippen molar-refractivity contribution in [1.29, 1.82) is 0 Å². The number of hydrogen-bond acceptors (Lipinski definition) is 4. The number of hydrogen-bond donors (Lipinski definition) is 1. The fraction of sp³-hybridized carbons (Fsp3) is 0.381. The number of carbonyl (C=O) groups excluding carboxylic acids is 1. The molecule has 7 heteroatoms. The minimum Gasteiger partial charge on any atom is -0.375 e. The third kappa shape index (κ3) is 5.56.